The topological polar surface area (TPSA) is 67.1 Å². The van der Waals surface area contributed by atoms with E-state index in [4.69, 9.17) is 4.52 Å². The van der Waals surface area contributed by atoms with Crippen LogP contribution in [0.4, 0.5) is 5.69 Å². The van der Waals surface area contributed by atoms with Crippen LogP contribution in [0.15, 0.2) is 52.2 Å². The Kier molecular flexibility index (Phi) is 4.88. The standard InChI is InChI=1S/C30H33N5O/c1-18-16-31-17-19(2)26(18)28-27(29(36-34-28)21-4-5-21)23-14-30(15-23)8-10-35(11-9-30)24-7-6-22-12-20(3)32-33-25(22)13-24/h6-7,12-14,16,21,31H,4-5,8-11,15,17H2,1-3H3. The van der Waals surface area contributed by atoms with Gasteiger partial charge < -0.3 is 14.7 Å². The van der Waals surface area contributed by atoms with Crippen molar-refractivity contribution in [2.45, 2.75) is 58.8 Å². The number of piperidine rings is 1. The summed E-state index contributed by atoms with van der Waals surface area (Å²) in [6.07, 6.45) is 10.6. The van der Waals surface area contributed by atoms with E-state index < -0.39 is 0 Å². The van der Waals surface area contributed by atoms with E-state index in [0.29, 0.717) is 11.3 Å². The second-order valence-electron chi connectivity index (χ2n) is 11.3. The molecule has 4 heterocycles. The molecule has 6 nitrogen and oxygen atoms in total. The van der Waals surface area contributed by atoms with Crippen LogP contribution >= 0.6 is 0 Å². The molecule has 2 fully saturated rings. The van der Waals surface area contributed by atoms with Crippen molar-refractivity contribution < 1.29 is 4.52 Å². The van der Waals surface area contributed by atoms with Gasteiger partial charge in [0.25, 0.3) is 0 Å². The van der Waals surface area contributed by atoms with Crippen molar-refractivity contribution in [2.75, 3.05) is 24.5 Å². The molecule has 6 heteroatoms. The quantitative estimate of drug-likeness (QED) is 0.484. The molecule has 184 valence electrons. The number of hydrogen-bond donors (Lipinski definition) is 1. The maximum atomic E-state index is 6.03. The molecule has 0 radical (unpaired) electrons. The molecule has 36 heavy (non-hydrogen) atoms. The first-order chi connectivity index (χ1) is 17.5. The number of aromatic nitrogens is 3. The summed E-state index contributed by atoms with van der Waals surface area (Å²) in [4.78, 5) is 2.51. The summed E-state index contributed by atoms with van der Waals surface area (Å²) in [6.45, 7) is 9.38. The van der Waals surface area contributed by atoms with Gasteiger partial charge in [0, 0.05) is 54.0 Å². The maximum Gasteiger partial charge on any atom is 0.147 e. The van der Waals surface area contributed by atoms with Crippen LogP contribution in [-0.4, -0.2) is 35.0 Å². The molecule has 2 aliphatic carbocycles. The molecule has 1 N–H and O–H groups in total. The Bertz CT molecular complexity index is 1460. The van der Waals surface area contributed by atoms with Crippen LogP contribution in [0.2, 0.25) is 0 Å². The molecule has 0 atom stereocenters. The van der Waals surface area contributed by atoms with E-state index in [0.717, 1.165) is 54.1 Å². The molecule has 4 aliphatic rings. The summed E-state index contributed by atoms with van der Waals surface area (Å²) < 4.78 is 6.03. The highest BCUT2D eigenvalue weighted by Gasteiger charge is 2.44. The summed E-state index contributed by atoms with van der Waals surface area (Å²) in [5.74, 6) is 1.68. The molecule has 1 saturated carbocycles. The normalized spacial score (nSPS) is 21.4. The Morgan fingerprint density at radius 3 is 2.61 bits per heavy atom. The SMILES string of the molecule is CC1=CNCC(C)=C1c1noc(C2CC2)c1C1=CC2(CCN(c3ccc4cc(C)nnc4c3)CC2)C1. The van der Waals surface area contributed by atoms with Crippen LogP contribution in [0.3, 0.4) is 0 Å². The van der Waals surface area contributed by atoms with E-state index in [1.165, 1.54) is 59.2 Å². The van der Waals surface area contributed by atoms with E-state index >= 15 is 0 Å². The molecule has 1 aromatic carbocycles. The zero-order valence-corrected chi connectivity index (χ0v) is 21.4. The minimum absolute atomic E-state index is 0.303. The van der Waals surface area contributed by atoms with E-state index in [2.05, 4.69) is 76.0 Å². The Morgan fingerprint density at radius 1 is 1.06 bits per heavy atom. The highest BCUT2D eigenvalue weighted by Crippen LogP contribution is 2.55. The Morgan fingerprint density at radius 2 is 1.86 bits per heavy atom. The predicted molar refractivity (Wildman–Crippen MR) is 144 cm³/mol. The van der Waals surface area contributed by atoms with Gasteiger partial charge >= 0.3 is 0 Å². The smallest absolute Gasteiger partial charge is 0.147 e. The van der Waals surface area contributed by atoms with Gasteiger partial charge in [0.05, 0.1) is 11.2 Å². The van der Waals surface area contributed by atoms with Crippen molar-refractivity contribution in [2.24, 2.45) is 5.41 Å². The third kappa shape index (κ3) is 3.57. The second-order valence-corrected chi connectivity index (χ2v) is 11.3. The van der Waals surface area contributed by atoms with Crippen LogP contribution in [0.5, 0.6) is 0 Å². The van der Waals surface area contributed by atoms with Crippen molar-refractivity contribution in [3.63, 3.8) is 0 Å². The minimum Gasteiger partial charge on any atom is -0.387 e. The molecular formula is C30H33N5O. The zero-order valence-electron chi connectivity index (χ0n) is 21.4. The lowest BCUT2D eigenvalue weighted by molar-refractivity contribution is 0.277. The van der Waals surface area contributed by atoms with Crippen LogP contribution < -0.4 is 10.2 Å². The fourth-order valence-corrected chi connectivity index (χ4v) is 6.39. The fourth-order valence-electron chi connectivity index (χ4n) is 6.39. The van der Waals surface area contributed by atoms with Crippen LogP contribution in [0.25, 0.3) is 22.0 Å². The lowest BCUT2D eigenvalue weighted by atomic mass is 9.63. The van der Waals surface area contributed by atoms with Crippen molar-refractivity contribution in [3.8, 4) is 0 Å². The summed E-state index contributed by atoms with van der Waals surface area (Å²) in [7, 11) is 0. The van der Waals surface area contributed by atoms with Crippen molar-refractivity contribution in [1.29, 1.82) is 0 Å². The van der Waals surface area contributed by atoms with Gasteiger partial charge in [0.15, 0.2) is 0 Å². The first kappa shape index (κ1) is 21.8. The van der Waals surface area contributed by atoms with Gasteiger partial charge in [-0.05, 0) is 93.2 Å². The number of dihydropyridines is 1. The third-order valence-electron chi connectivity index (χ3n) is 8.57. The Hall–Kier alpha value is -3.41. The lowest BCUT2D eigenvalue weighted by Crippen LogP contribution is -2.42. The highest BCUT2D eigenvalue weighted by atomic mass is 16.5. The molecule has 0 unspecified atom stereocenters. The van der Waals surface area contributed by atoms with Gasteiger partial charge in [-0.25, -0.2) is 0 Å². The number of rotatable bonds is 4. The average Bonchev–Trinajstić information content (AvgIpc) is 3.62. The van der Waals surface area contributed by atoms with Crippen molar-refractivity contribution >= 4 is 27.7 Å². The highest BCUT2D eigenvalue weighted by molar-refractivity contribution is 5.89. The summed E-state index contributed by atoms with van der Waals surface area (Å²) in [6, 6.07) is 8.71. The number of aryl methyl sites for hydroxylation is 1. The zero-order chi connectivity index (χ0) is 24.4. The molecule has 2 aliphatic heterocycles. The van der Waals surface area contributed by atoms with Gasteiger partial charge in [0.2, 0.25) is 0 Å². The monoisotopic (exact) mass is 479 g/mol. The summed E-state index contributed by atoms with van der Waals surface area (Å²) >= 11 is 0. The molecule has 0 amide bonds. The number of anilines is 1. The molecule has 7 rings (SSSR count). The maximum absolute atomic E-state index is 6.03. The predicted octanol–water partition coefficient (Wildman–Crippen LogP) is 6.16. The third-order valence-corrected chi connectivity index (χ3v) is 8.57. The van der Waals surface area contributed by atoms with Gasteiger partial charge in [-0.3, -0.25) is 0 Å². The largest absolute Gasteiger partial charge is 0.387 e. The first-order valence-electron chi connectivity index (χ1n) is 13.3. The minimum atomic E-state index is 0.303. The Balaban J connectivity index is 1.14. The van der Waals surface area contributed by atoms with Gasteiger partial charge in [0.1, 0.15) is 11.5 Å². The molecule has 0 bridgehead atoms. The second kappa shape index (κ2) is 8.05. The number of nitrogens with one attached hydrogen (secondary N) is 1. The lowest BCUT2D eigenvalue weighted by Gasteiger charge is -2.47. The number of hydrogen-bond acceptors (Lipinski definition) is 6. The number of fused-ring (bicyclic) bond motifs is 1. The van der Waals surface area contributed by atoms with Crippen molar-refractivity contribution in [1.82, 2.24) is 20.7 Å². The van der Waals surface area contributed by atoms with Gasteiger partial charge in [-0.15, -0.1) is 0 Å². The first-order valence-corrected chi connectivity index (χ1v) is 13.3. The number of benzene rings is 1. The van der Waals surface area contributed by atoms with E-state index in [-0.39, 0.29) is 0 Å². The molecule has 1 saturated heterocycles. The van der Waals surface area contributed by atoms with E-state index in [1.54, 1.807) is 0 Å². The number of allylic oxidation sites excluding steroid dienone is 4. The molecule has 2 aromatic heterocycles. The van der Waals surface area contributed by atoms with Gasteiger partial charge in [-0.2, -0.15) is 10.2 Å². The molecule has 1 spiro atoms. The summed E-state index contributed by atoms with van der Waals surface area (Å²) in [5.41, 5.74) is 11.2. The van der Waals surface area contributed by atoms with E-state index in [9.17, 15) is 0 Å². The van der Waals surface area contributed by atoms with Crippen molar-refractivity contribution in [3.05, 3.63) is 70.4 Å². The van der Waals surface area contributed by atoms with E-state index in [1.807, 2.05) is 6.92 Å². The summed E-state index contributed by atoms with van der Waals surface area (Å²) in [5, 5.41) is 17.8. The van der Waals surface area contributed by atoms with Gasteiger partial charge in [-0.1, -0.05) is 17.3 Å². The van der Waals surface area contributed by atoms with Crippen LogP contribution in [0.1, 0.15) is 74.6 Å². The molecule has 3 aromatic rings. The number of nitrogens with zero attached hydrogens (tertiary/aromatic N) is 4. The van der Waals surface area contributed by atoms with Crippen LogP contribution in [0, 0.1) is 12.3 Å². The Labute approximate surface area is 212 Å². The molecular weight excluding hydrogens is 446 g/mol. The fraction of sp³-hybridized carbons (Fsp3) is 0.433. The van der Waals surface area contributed by atoms with Crippen LogP contribution in [-0.2, 0) is 0 Å². The average molecular weight is 480 g/mol.